The second-order valence-electron chi connectivity index (χ2n) is 5.77. The molecular weight excluding hydrogens is 202 g/mol. The quantitative estimate of drug-likeness (QED) is 0.723. The highest BCUT2D eigenvalue weighted by Crippen LogP contribution is 2.27. The molecule has 1 rings (SSSR count). The van der Waals surface area contributed by atoms with E-state index in [1.807, 2.05) is 25.7 Å². The first-order valence-corrected chi connectivity index (χ1v) is 6.34. The zero-order valence-electron chi connectivity index (χ0n) is 11.2. The fraction of sp³-hybridized carbons (Fsp3) is 0.923. The molecule has 3 nitrogen and oxygen atoms in total. The topological polar surface area (TPSA) is 29.5 Å². The number of amides is 1. The van der Waals surface area contributed by atoms with Crippen LogP contribution in [-0.4, -0.2) is 29.2 Å². The van der Waals surface area contributed by atoms with Crippen molar-refractivity contribution in [2.45, 2.75) is 65.5 Å². The van der Waals surface area contributed by atoms with Crippen molar-refractivity contribution in [3.05, 3.63) is 0 Å². The Labute approximate surface area is 99.1 Å². The van der Waals surface area contributed by atoms with Gasteiger partial charge in [0.2, 0.25) is 0 Å². The fourth-order valence-electron chi connectivity index (χ4n) is 2.20. The van der Waals surface area contributed by atoms with E-state index in [0.717, 1.165) is 25.8 Å². The number of carbonyl (C=O) groups is 1. The molecule has 0 aliphatic carbocycles. The van der Waals surface area contributed by atoms with Crippen molar-refractivity contribution < 1.29 is 9.53 Å². The third-order valence-corrected chi connectivity index (χ3v) is 3.23. The van der Waals surface area contributed by atoms with E-state index in [1.165, 1.54) is 0 Å². The molecular formula is C13H25NO2. The maximum atomic E-state index is 12.0. The molecule has 0 aromatic heterocycles. The molecule has 0 aromatic rings. The maximum Gasteiger partial charge on any atom is 0.410 e. The van der Waals surface area contributed by atoms with E-state index in [1.54, 1.807) is 0 Å². The van der Waals surface area contributed by atoms with Gasteiger partial charge in [0.05, 0.1) is 0 Å². The van der Waals surface area contributed by atoms with Gasteiger partial charge in [-0.05, 0) is 39.5 Å². The lowest BCUT2D eigenvalue weighted by molar-refractivity contribution is 0.0182. The Morgan fingerprint density at radius 1 is 1.50 bits per heavy atom. The smallest absolute Gasteiger partial charge is 0.410 e. The Morgan fingerprint density at radius 3 is 2.62 bits per heavy atom. The summed E-state index contributed by atoms with van der Waals surface area (Å²) in [5, 5.41) is 0. The van der Waals surface area contributed by atoms with Gasteiger partial charge in [-0.1, -0.05) is 20.3 Å². The number of likely N-dealkylation sites (tertiary alicyclic amines) is 1. The van der Waals surface area contributed by atoms with Crippen LogP contribution in [0.3, 0.4) is 0 Å². The van der Waals surface area contributed by atoms with Gasteiger partial charge in [-0.25, -0.2) is 4.79 Å². The number of rotatable bonds is 2. The first-order valence-electron chi connectivity index (χ1n) is 6.34. The van der Waals surface area contributed by atoms with Crippen LogP contribution in [0.2, 0.25) is 0 Å². The van der Waals surface area contributed by atoms with Crippen LogP contribution in [0.5, 0.6) is 0 Å². The van der Waals surface area contributed by atoms with Crippen molar-refractivity contribution in [2.75, 3.05) is 6.54 Å². The lowest BCUT2D eigenvalue weighted by Crippen LogP contribution is -2.42. The van der Waals surface area contributed by atoms with Crippen molar-refractivity contribution >= 4 is 6.09 Å². The fourth-order valence-corrected chi connectivity index (χ4v) is 2.20. The Morgan fingerprint density at radius 2 is 2.12 bits per heavy atom. The molecule has 1 aliphatic heterocycles. The zero-order chi connectivity index (χ0) is 12.3. The summed E-state index contributed by atoms with van der Waals surface area (Å²) in [5.41, 5.74) is -0.389. The average Bonchev–Trinajstić information content (AvgIpc) is 2.62. The van der Waals surface area contributed by atoms with Crippen LogP contribution in [0.4, 0.5) is 4.79 Å². The lowest BCUT2D eigenvalue weighted by atomic mass is 9.97. The number of hydrogen-bond acceptors (Lipinski definition) is 2. The molecule has 0 radical (unpaired) electrons. The third kappa shape index (κ3) is 3.39. The van der Waals surface area contributed by atoms with Gasteiger partial charge in [0.15, 0.2) is 0 Å². The van der Waals surface area contributed by atoms with Crippen molar-refractivity contribution in [1.82, 2.24) is 4.90 Å². The van der Waals surface area contributed by atoms with E-state index in [-0.39, 0.29) is 11.7 Å². The second-order valence-corrected chi connectivity index (χ2v) is 5.77. The Kier molecular flexibility index (Phi) is 4.22. The van der Waals surface area contributed by atoms with Gasteiger partial charge in [0.25, 0.3) is 0 Å². The molecule has 3 heteroatoms. The molecule has 94 valence electrons. The predicted octanol–water partition coefficient (Wildman–Crippen LogP) is 3.43. The normalized spacial score (nSPS) is 23.3. The standard InChI is InChI=1S/C13H25NO2/c1-6-10(2)11-8-7-9-14(11)12(15)16-13(3,4)5/h10-11H,6-9H2,1-5H3. The molecule has 0 N–H and O–H groups in total. The molecule has 2 unspecified atom stereocenters. The van der Waals surface area contributed by atoms with E-state index in [0.29, 0.717) is 12.0 Å². The van der Waals surface area contributed by atoms with Crippen LogP contribution in [-0.2, 0) is 4.74 Å². The van der Waals surface area contributed by atoms with Gasteiger partial charge < -0.3 is 9.64 Å². The highest BCUT2D eigenvalue weighted by molar-refractivity contribution is 5.69. The van der Waals surface area contributed by atoms with Crippen LogP contribution in [0.15, 0.2) is 0 Å². The number of carbonyl (C=O) groups excluding carboxylic acids is 1. The number of hydrogen-bond donors (Lipinski definition) is 0. The Hall–Kier alpha value is -0.730. The molecule has 1 saturated heterocycles. The molecule has 2 atom stereocenters. The van der Waals surface area contributed by atoms with Gasteiger partial charge >= 0.3 is 6.09 Å². The second kappa shape index (κ2) is 5.07. The molecule has 0 spiro atoms. The first kappa shape index (κ1) is 13.3. The monoisotopic (exact) mass is 227 g/mol. The summed E-state index contributed by atoms with van der Waals surface area (Å²) in [5.74, 6) is 0.565. The van der Waals surface area contributed by atoms with E-state index >= 15 is 0 Å². The summed E-state index contributed by atoms with van der Waals surface area (Å²) in [4.78, 5) is 13.9. The molecule has 0 saturated carbocycles. The minimum absolute atomic E-state index is 0.143. The highest BCUT2D eigenvalue weighted by Gasteiger charge is 2.34. The van der Waals surface area contributed by atoms with E-state index in [9.17, 15) is 4.79 Å². The molecule has 1 amide bonds. The molecule has 16 heavy (non-hydrogen) atoms. The SMILES string of the molecule is CCC(C)C1CCCN1C(=O)OC(C)(C)C. The molecule has 1 aliphatic rings. The van der Waals surface area contributed by atoms with Gasteiger partial charge in [0, 0.05) is 12.6 Å². The molecule has 0 aromatic carbocycles. The van der Waals surface area contributed by atoms with Gasteiger partial charge in [-0.2, -0.15) is 0 Å². The van der Waals surface area contributed by atoms with Crippen LogP contribution in [0.25, 0.3) is 0 Å². The van der Waals surface area contributed by atoms with Crippen LogP contribution in [0.1, 0.15) is 53.9 Å². The predicted molar refractivity (Wildman–Crippen MR) is 65.4 cm³/mol. The van der Waals surface area contributed by atoms with E-state index < -0.39 is 0 Å². The van der Waals surface area contributed by atoms with Gasteiger partial charge in [0.1, 0.15) is 5.60 Å². The van der Waals surface area contributed by atoms with Crippen LogP contribution >= 0.6 is 0 Å². The highest BCUT2D eigenvalue weighted by atomic mass is 16.6. The van der Waals surface area contributed by atoms with Crippen LogP contribution in [0, 0.1) is 5.92 Å². The van der Waals surface area contributed by atoms with E-state index in [2.05, 4.69) is 13.8 Å². The zero-order valence-corrected chi connectivity index (χ0v) is 11.2. The van der Waals surface area contributed by atoms with Crippen molar-refractivity contribution in [2.24, 2.45) is 5.92 Å². The van der Waals surface area contributed by atoms with Crippen molar-refractivity contribution in [1.29, 1.82) is 0 Å². The largest absolute Gasteiger partial charge is 0.444 e. The van der Waals surface area contributed by atoms with Crippen molar-refractivity contribution in [3.8, 4) is 0 Å². The van der Waals surface area contributed by atoms with E-state index in [4.69, 9.17) is 4.74 Å². The Balaban J connectivity index is 2.61. The molecule has 1 heterocycles. The third-order valence-electron chi connectivity index (χ3n) is 3.23. The maximum absolute atomic E-state index is 12.0. The van der Waals surface area contributed by atoms with Gasteiger partial charge in [-0.3, -0.25) is 0 Å². The summed E-state index contributed by atoms with van der Waals surface area (Å²) >= 11 is 0. The summed E-state index contributed by atoms with van der Waals surface area (Å²) in [7, 11) is 0. The van der Waals surface area contributed by atoms with Gasteiger partial charge in [-0.15, -0.1) is 0 Å². The number of nitrogens with zero attached hydrogens (tertiary/aromatic N) is 1. The van der Waals surface area contributed by atoms with Crippen LogP contribution < -0.4 is 0 Å². The number of ether oxygens (including phenoxy) is 1. The molecule has 1 fully saturated rings. The molecule has 0 bridgehead atoms. The summed E-state index contributed by atoms with van der Waals surface area (Å²) in [6, 6.07) is 0.375. The average molecular weight is 227 g/mol. The minimum Gasteiger partial charge on any atom is -0.444 e. The summed E-state index contributed by atoms with van der Waals surface area (Å²) in [6.45, 7) is 11.0. The minimum atomic E-state index is -0.389. The first-order chi connectivity index (χ1) is 7.35. The lowest BCUT2D eigenvalue weighted by Gasteiger charge is -2.31. The summed E-state index contributed by atoms with van der Waals surface area (Å²) in [6.07, 6.45) is 3.20. The van der Waals surface area contributed by atoms with Crippen molar-refractivity contribution in [3.63, 3.8) is 0 Å². The Bertz CT molecular complexity index is 245. The summed E-state index contributed by atoms with van der Waals surface area (Å²) < 4.78 is 5.43.